The second-order valence-electron chi connectivity index (χ2n) is 6.11. The molecule has 3 amide bonds. The Morgan fingerprint density at radius 3 is 2.52 bits per heavy atom. The molecule has 0 unspecified atom stereocenters. The van der Waals surface area contributed by atoms with Crippen LogP contribution in [-0.2, 0) is 14.3 Å². The molecular formula is C19H24F2N2O6. The van der Waals surface area contributed by atoms with Crippen molar-refractivity contribution in [3.63, 3.8) is 0 Å². The van der Waals surface area contributed by atoms with Crippen LogP contribution < -0.4 is 20.1 Å². The number of ether oxygens (including phenoxy) is 3. The van der Waals surface area contributed by atoms with E-state index < -0.39 is 31.1 Å². The molecule has 0 heterocycles. The van der Waals surface area contributed by atoms with E-state index in [2.05, 4.69) is 10.1 Å². The molecule has 1 aromatic carbocycles. The fourth-order valence-electron chi connectivity index (χ4n) is 1.94. The molecule has 0 fully saturated rings. The van der Waals surface area contributed by atoms with Gasteiger partial charge in [0.15, 0.2) is 18.1 Å². The van der Waals surface area contributed by atoms with Gasteiger partial charge in [-0.25, -0.2) is 9.59 Å². The van der Waals surface area contributed by atoms with Crippen molar-refractivity contribution in [2.75, 3.05) is 19.8 Å². The van der Waals surface area contributed by atoms with E-state index in [0.29, 0.717) is 12.1 Å². The van der Waals surface area contributed by atoms with Gasteiger partial charge in [-0.15, -0.1) is 0 Å². The zero-order valence-electron chi connectivity index (χ0n) is 16.4. The van der Waals surface area contributed by atoms with Crippen molar-refractivity contribution in [3.05, 3.63) is 29.8 Å². The van der Waals surface area contributed by atoms with E-state index in [1.165, 1.54) is 24.3 Å². The third kappa shape index (κ3) is 10.1. The number of imide groups is 1. The number of hydrogen-bond acceptors (Lipinski definition) is 6. The van der Waals surface area contributed by atoms with Gasteiger partial charge < -0.3 is 19.5 Å². The number of hydrogen-bond donors (Lipinski definition) is 2. The topological polar surface area (TPSA) is 103 Å². The third-order valence-corrected chi connectivity index (χ3v) is 3.16. The summed E-state index contributed by atoms with van der Waals surface area (Å²) in [4.78, 5) is 34.7. The van der Waals surface area contributed by atoms with Gasteiger partial charge in [0.25, 0.3) is 5.91 Å². The number of alkyl halides is 2. The van der Waals surface area contributed by atoms with Gasteiger partial charge in [0.2, 0.25) is 0 Å². The Hall–Kier alpha value is -3.17. The van der Waals surface area contributed by atoms with Crippen molar-refractivity contribution >= 4 is 24.0 Å². The highest BCUT2D eigenvalue weighted by Crippen LogP contribution is 2.30. The summed E-state index contributed by atoms with van der Waals surface area (Å²) < 4.78 is 39.1. The fraction of sp³-hybridized carbons (Fsp3) is 0.421. The first-order chi connectivity index (χ1) is 13.7. The van der Waals surface area contributed by atoms with E-state index in [-0.39, 0.29) is 24.0 Å². The molecule has 1 aromatic rings. The highest BCUT2D eigenvalue weighted by atomic mass is 19.3. The summed E-state index contributed by atoms with van der Waals surface area (Å²) >= 11 is 0. The molecule has 0 saturated carbocycles. The van der Waals surface area contributed by atoms with Gasteiger partial charge >= 0.3 is 18.6 Å². The minimum absolute atomic E-state index is 0.0927. The Kier molecular flexibility index (Phi) is 10.1. The summed E-state index contributed by atoms with van der Waals surface area (Å²) in [6.07, 6.45) is 2.40. The van der Waals surface area contributed by atoms with E-state index in [4.69, 9.17) is 9.47 Å². The molecule has 1 rings (SSSR count). The van der Waals surface area contributed by atoms with Gasteiger partial charge in [0.1, 0.15) is 0 Å². The predicted molar refractivity (Wildman–Crippen MR) is 101 cm³/mol. The lowest BCUT2D eigenvalue weighted by Crippen LogP contribution is -2.42. The average molecular weight is 414 g/mol. The summed E-state index contributed by atoms with van der Waals surface area (Å²) in [5, 5.41) is 4.51. The highest BCUT2D eigenvalue weighted by Gasteiger charge is 2.12. The number of amides is 3. The van der Waals surface area contributed by atoms with Crippen molar-refractivity contribution in [2.24, 2.45) is 5.92 Å². The second-order valence-corrected chi connectivity index (χ2v) is 6.11. The van der Waals surface area contributed by atoms with Gasteiger partial charge in [-0.05, 0) is 36.6 Å². The Morgan fingerprint density at radius 1 is 1.17 bits per heavy atom. The van der Waals surface area contributed by atoms with Crippen LogP contribution in [0.25, 0.3) is 6.08 Å². The van der Waals surface area contributed by atoms with Gasteiger partial charge in [-0.1, -0.05) is 19.9 Å². The molecule has 0 atom stereocenters. The Bertz CT molecular complexity index is 737. The number of nitrogens with one attached hydrogen (secondary N) is 2. The molecule has 29 heavy (non-hydrogen) atoms. The number of rotatable bonds is 10. The maximum atomic E-state index is 12.4. The Labute approximate surface area is 167 Å². The summed E-state index contributed by atoms with van der Waals surface area (Å²) in [7, 11) is 0. The lowest BCUT2D eigenvalue weighted by atomic mass is 10.2. The molecule has 0 aromatic heterocycles. The molecule has 10 heteroatoms. The van der Waals surface area contributed by atoms with Crippen LogP contribution in [0.1, 0.15) is 26.3 Å². The molecule has 2 N–H and O–H groups in total. The summed E-state index contributed by atoms with van der Waals surface area (Å²) in [5.41, 5.74) is 0.463. The monoisotopic (exact) mass is 414 g/mol. The number of benzene rings is 1. The quantitative estimate of drug-likeness (QED) is 0.451. The van der Waals surface area contributed by atoms with Crippen LogP contribution in [0.15, 0.2) is 24.3 Å². The van der Waals surface area contributed by atoms with Crippen molar-refractivity contribution in [1.82, 2.24) is 10.6 Å². The lowest BCUT2D eigenvalue weighted by molar-refractivity contribution is -0.143. The average Bonchev–Trinajstić information content (AvgIpc) is 2.64. The predicted octanol–water partition coefficient (Wildman–Crippen LogP) is 2.72. The van der Waals surface area contributed by atoms with E-state index in [9.17, 15) is 23.2 Å². The molecule has 8 nitrogen and oxygen atoms in total. The first-order valence-corrected chi connectivity index (χ1v) is 8.85. The van der Waals surface area contributed by atoms with Gasteiger partial charge in [0.05, 0.1) is 6.61 Å². The van der Waals surface area contributed by atoms with Crippen molar-refractivity contribution < 1.29 is 37.4 Å². The summed E-state index contributed by atoms with van der Waals surface area (Å²) in [6.45, 7) is 2.47. The highest BCUT2D eigenvalue weighted by molar-refractivity contribution is 5.96. The summed E-state index contributed by atoms with van der Waals surface area (Å²) in [6, 6.07) is 3.46. The van der Waals surface area contributed by atoms with Crippen LogP contribution >= 0.6 is 0 Å². The molecule has 0 bridgehead atoms. The Morgan fingerprint density at radius 2 is 1.90 bits per heavy atom. The van der Waals surface area contributed by atoms with Crippen molar-refractivity contribution in [1.29, 1.82) is 0 Å². The maximum Gasteiger partial charge on any atom is 0.387 e. The van der Waals surface area contributed by atoms with E-state index in [1.807, 2.05) is 19.2 Å². The van der Waals surface area contributed by atoms with E-state index >= 15 is 0 Å². The molecule has 160 valence electrons. The molecule has 0 aliphatic rings. The minimum atomic E-state index is -3.00. The maximum absolute atomic E-state index is 12.4. The van der Waals surface area contributed by atoms with Crippen LogP contribution in [0.5, 0.6) is 11.5 Å². The van der Waals surface area contributed by atoms with Crippen LogP contribution in [0.2, 0.25) is 0 Å². The second kappa shape index (κ2) is 12.3. The van der Waals surface area contributed by atoms with Gasteiger partial charge in [-0.2, -0.15) is 8.78 Å². The summed E-state index contributed by atoms with van der Waals surface area (Å²) in [5.74, 6) is -1.42. The first-order valence-electron chi connectivity index (χ1n) is 8.85. The van der Waals surface area contributed by atoms with E-state index in [0.717, 1.165) is 6.08 Å². The van der Waals surface area contributed by atoms with Gasteiger partial charge in [-0.3, -0.25) is 10.1 Å². The van der Waals surface area contributed by atoms with Crippen LogP contribution in [0.3, 0.4) is 0 Å². The number of esters is 1. The van der Waals surface area contributed by atoms with Crippen molar-refractivity contribution in [3.8, 4) is 11.5 Å². The normalized spacial score (nSPS) is 10.9. The standard InChI is InChI=1S/C19H24F2N2O6/c1-4-27-15-9-13(5-7-14(15)29-18(20)21)6-8-17(25)28-11-16(24)23-19(26)22-10-12(2)3/h5-9,12,18H,4,10-11H2,1-3H3,(H2,22,23,24,26)/b8-6+. The van der Waals surface area contributed by atoms with Crippen molar-refractivity contribution in [2.45, 2.75) is 27.4 Å². The number of urea groups is 1. The molecule has 0 aliphatic carbocycles. The number of halogens is 2. The zero-order chi connectivity index (χ0) is 21.8. The molecule has 0 radical (unpaired) electrons. The molecule has 0 saturated heterocycles. The first kappa shape index (κ1) is 23.9. The SMILES string of the molecule is CCOc1cc(/C=C/C(=O)OCC(=O)NC(=O)NCC(C)C)ccc1OC(F)F. The minimum Gasteiger partial charge on any atom is -0.490 e. The van der Waals surface area contributed by atoms with Crippen LogP contribution in [-0.4, -0.2) is 44.3 Å². The largest absolute Gasteiger partial charge is 0.490 e. The van der Waals surface area contributed by atoms with Crippen LogP contribution in [0, 0.1) is 5.92 Å². The lowest BCUT2D eigenvalue weighted by Gasteiger charge is -2.11. The Balaban J connectivity index is 2.55. The van der Waals surface area contributed by atoms with Gasteiger partial charge in [0, 0.05) is 12.6 Å². The zero-order valence-corrected chi connectivity index (χ0v) is 16.4. The molecule has 0 spiro atoms. The van der Waals surface area contributed by atoms with E-state index in [1.54, 1.807) is 6.92 Å². The molecule has 0 aliphatic heterocycles. The number of carbonyl (C=O) groups is 3. The number of carbonyl (C=O) groups excluding carboxylic acids is 3. The fourth-order valence-corrected chi connectivity index (χ4v) is 1.94. The smallest absolute Gasteiger partial charge is 0.387 e. The van der Waals surface area contributed by atoms with Crippen LogP contribution in [0.4, 0.5) is 13.6 Å². The third-order valence-electron chi connectivity index (χ3n) is 3.16. The molecular weight excluding hydrogens is 390 g/mol.